The summed E-state index contributed by atoms with van der Waals surface area (Å²) in [6.45, 7) is 5.53. The Bertz CT molecular complexity index is 1080. The number of aromatic nitrogens is 1. The topological polar surface area (TPSA) is 39.1 Å². The van der Waals surface area contributed by atoms with Gasteiger partial charge in [-0.25, -0.2) is 0 Å². The molecule has 1 aromatic heterocycles. The third kappa shape index (κ3) is 4.30. The van der Waals surface area contributed by atoms with Crippen molar-refractivity contribution < 1.29 is 14.2 Å². The average Bonchev–Trinajstić information content (AvgIpc) is 3.35. The number of likely N-dealkylation sites (N-methyl/N-ethyl adjacent to an activating group) is 1. The summed E-state index contributed by atoms with van der Waals surface area (Å²) in [5, 5.41) is 1.29. The van der Waals surface area contributed by atoms with Crippen molar-refractivity contribution in [1.29, 1.82) is 0 Å². The van der Waals surface area contributed by atoms with Crippen LogP contribution in [-0.4, -0.2) is 68.4 Å². The molecule has 2 aromatic carbocycles. The molecule has 4 rings (SSSR count). The first-order valence-corrected chi connectivity index (χ1v) is 11.3. The van der Waals surface area contributed by atoms with Crippen LogP contribution in [0.4, 0.5) is 0 Å². The van der Waals surface area contributed by atoms with Gasteiger partial charge >= 0.3 is 0 Å². The molecular weight excluding hydrogens is 402 g/mol. The monoisotopic (exact) mass is 437 g/mol. The van der Waals surface area contributed by atoms with Gasteiger partial charge in [0.1, 0.15) is 5.75 Å². The second kappa shape index (κ2) is 9.43. The number of rotatable bonds is 8. The Hall–Kier alpha value is -2.70. The highest BCUT2D eigenvalue weighted by atomic mass is 16.5. The van der Waals surface area contributed by atoms with E-state index in [9.17, 15) is 0 Å². The molecule has 172 valence electrons. The zero-order valence-electron chi connectivity index (χ0n) is 20.1. The maximum absolute atomic E-state index is 5.68. The molecule has 1 aliphatic rings. The number of hydrogen-bond acceptors (Lipinski definition) is 5. The number of fused-ring (bicyclic) bond motifs is 1. The van der Waals surface area contributed by atoms with Gasteiger partial charge < -0.3 is 23.7 Å². The van der Waals surface area contributed by atoms with Crippen LogP contribution in [0, 0.1) is 0 Å². The van der Waals surface area contributed by atoms with Crippen LogP contribution in [0.3, 0.4) is 0 Å². The first-order valence-electron chi connectivity index (χ1n) is 11.3. The number of nitrogens with zero attached hydrogens (tertiary/aromatic N) is 3. The van der Waals surface area contributed by atoms with Crippen LogP contribution in [0.25, 0.3) is 10.9 Å². The quantitative estimate of drug-likeness (QED) is 0.530. The van der Waals surface area contributed by atoms with Crippen molar-refractivity contribution >= 4 is 10.9 Å². The highest BCUT2D eigenvalue weighted by molar-refractivity contribution is 5.86. The van der Waals surface area contributed by atoms with Gasteiger partial charge in [-0.1, -0.05) is 6.07 Å². The van der Waals surface area contributed by atoms with Crippen LogP contribution < -0.4 is 14.2 Å². The SMILES string of the molecule is CCOc1ccc(CN2C[C@@H](N(C)C)[C@H](c3cn(C)c4ccc(OC)cc34)C2)cc1OC. The van der Waals surface area contributed by atoms with Crippen LogP contribution in [-0.2, 0) is 13.6 Å². The fourth-order valence-electron chi connectivity index (χ4n) is 4.99. The van der Waals surface area contributed by atoms with Gasteiger partial charge in [0.25, 0.3) is 0 Å². The number of methoxy groups -OCH3 is 2. The lowest BCUT2D eigenvalue weighted by molar-refractivity contribution is 0.259. The molecule has 3 aromatic rings. The third-order valence-corrected chi connectivity index (χ3v) is 6.59. The molecular formula is C26H35N3O3. The highest BCUT2D eigenvalue weighted by Crippen LogP contribution is 2.38. The molecule has 0 saturated carbocycles. The predicted octanol–water partition coefficient (Wildman–Crippen LogP) is 4.12. The number of ether oxygens (including phenoxy) is 3. The lowest BCUT2D eigenvalue weighted by Crippen LogP contribution is -2.34. The molecule has 0 N–H and O–H groups in total. The summed E-state index contributed by atoms with van der Waals surface area (Å²) >= 11 is 0. The summed E-state index contributed by atoms with van der Waals surface area (Å²) in [7, 11) is 9.93. The third-order valence-electron chi connectivity index (χ3n) is 6.59. The molecule has 2 atom stereocenters. The summed E-state index contributed by atoms with van der Waals surface area (Å²) < 4.78 is 19.0. The number of benzene rings is 2. The molecule has 0 spiro atoms. The van der Waals surface area contributed by atoms with Crippen molar-refractivity contribution in [1.82, 2.24) is 14.4 Å². The minimum absolute atomic E-state index is 0.422. The van der Waals surface area contributed by atoms with Crippen molar-refractivity contribution in [3.8, 4) is 17.2 Å². The Morgan fingerprint density at radius 1 is 1.00 bits per heavy atom. The maximum atomic E-state index is 5.68. The maximum Gasteiger partial charge on any atom is 0.161 e. The molecule has 2 heterocycles. The van der Waals surface area contributed by atoms with E-state index in [1.54, 1.807) is 14.2 Å². The van der Waals surface area contributed by atoms with Gasteiger partial charge in [-0.2, -0.15) is 0 Å². The standard InChI is InChI=1S/C26H35N3O3/c1-7-32-25-11-8-18(12-26(25)31-6)14-29-16-22(24(17-29)27(2)3)21-15-28(4)23-10-9-19(30-5)13-20(21)23/h8-13,15,22,24H,7,14,16-17H2,1-6H3/t22-,24+/m0/s1. The number of aryl methyl sites for hydroxylation is 1. The lowest BCUT2D eigenvalue weighted by atomic mass is 9.93. The fraction of sp³-hybridized carbons (Fsp3) is 0.462. The summed E-state index contributed by atoms with van der Waals surface area (Å²) in [6.07, 6.45) is 2.30. The van der Waals surface area contributed by atoms with Crippen LogP contribution in [0.1, 0.15) is 24.0 Å². The van der Waals surface area contributed by atoms with Crippen molar-refractivity contribution in [2.24, 2.45) is 7.05 Å². The van der Waals surface area contributed by atoms with Gasteiger partial charge in [0, 0.05) is 55.7 Å². The van der Waals surface area contributed by atoms with Crippen LogP contribution in [0.2, 0.25) is 0 Å². The largest absolute Gasteiger partial charge is 0.497 e. The molecule has 6 heteroatoms. The smallest absolute Gasteiger partial charge is 0.161 e. The second-order valence-electron chi connectivity index (χ2n) is 8.83. The molecule has 1 fully saturated rings. The van der Waals surface area contributed by atoms with Crippen molar-refractivity contribution in [3.05, 3.63) is 53.7 Å². The first kappa shape index (κ1) is 22.5. The number of hydrogen-bond donors (Lipinski definition) is 0. The molecule has 0 aliphatic carbocycles. The lowest BCUT2D eigenvalue weighted by Gasteiger charge is -2.25. The zero-order chi connectivity index (χ0) is 22.8. The van der Waals surface area contributed by atoms with E-state index in [1.165, 1.54) is 22.0 Å². The van der Waals surface area contributed by atoms with Gasteiger partial charge in [-0.3, -0.25) is 4.90 Å². The molecule has 6 nitrogen and oxygen atoms in total. The normalized spacial score (nSPS) is 19.1. The van der Waals surface area contributed by atoms with E-state index in [0.29, 0.717) is 18.6 Å². The van der Waals surface area contributed by atoms with E-state index in [0.717, 1.165) is 36.9 Å². The van der Waals surface area contributed by atoms with Crippen molar-refractivity contribution in [2.75, 3.05) is 48.0 Å². The molecule has 32 heavy (non-hydrogen) atoms. The summed E-state index contributed by atoms with van der Waals surface area (Å²) in [6, 6.07) is 13.1. The zero-order valence-corrected chi connectivity index (χ0v) is 20.1. The Kier molecular flexibility index (Phi) is 6.63. The molecule has 1 saturated heterocycles. The van der Waals surface area contributed by atoms with Gasteiger partial charge in [0.15, 0.2) is 11.5 Å². The first-order chi connectivity index (χ1) is 15.4. The van der Waals surface area contributed by atoms with Crippen LogP contribution >= 0.6 is 0 Å². The Morgan fingerprint density at radius 3 is 2.50 bits per heavy atom. The minimum atomic E-state index is 0.422. The molecule has 0 amide bonds. The van der Waals surface area contributed by atoms with Gasteiger partial charge in [-0.05, 0) is 62.5 Å². The van der Waals surface area contributed by atoms with Crippen LogP contribution in [0.5, 0.6) is 17.2 Å². The second-order valence-corrected chi connectivity index (χ2v) is 8.83. The number of likely N-dealkylation sites (tertiary alicyclic amines) is 1. The molecule has 0 bridgehead atoms. The fourth-order valence-corrected chi connectivity index (χ4v) is 4.99. The Balaban J connectivity index is 1.61. The van der Waals surface area contributed by atoms with E-state index in [-0.39, 0.29) is 0 Å². The van der Waals surface area contributed by atoms with Crippen molar-refractivity contribution in [2.45, 2.75) is 25.4 Å². The van der Waals surface area contributed by atoms with Gasteiger partial charge in [0.2, 0.25) is 0 Å². The Labute approximate surface area is 191 Å². The summed E-state index contributed by atoms with van der Waals surface area (Å²) in [5.74, 6) is 2.92. The van der Waals surface area contributed by atoms with E-state index in [1.807, 2.05) is 19.1 Å². The summed E-state index contributed by atoms with van der Waals surface area (Å²) in [4.78, 5) is 4.91. The minimum Gasteiger partial charge on any atom is -0.497 e. The van der Waals surface area contributed by atoms with E-state index in [2.05, 4.69) is 66.0 Å². The molecule has 0 unspecified atom stereocenters. The van der Waals surface area contributed by atoms with Gasteiger partial charge in [-0.15, -0.1) is 0 Å². The van der Waals surface area contributed by atoms with E-state index in [4.69, 9.17) is 14.2 Å². The average molecular weight is 438 g/mol. The summed E-state index contributed by atoms with van der Waals surface area (Å²) in [5.41, 5.74) is 3.88. The highest BCUT2D eigenvalue weighted by Gasteiger charge is 2.36. The van der Waals surface area contributed by atoms with Gasteiger partial charge in [0.05, 0.1) is 20.8 Å². The molecule has 1 aliphatic heterocycles. The van der Waals surface area contributed by atoms with E-state index < -0.39 is 0 Å². The van der Waals surface area contributed by atoms with Crippen molar-refractivity contribution in [3.63, 3.8) is 0 Å². The predicted molar refractivity (Wildman–Crippen MR) is 129 cm³/mol. The molecule has 0 radical (unpaired) electrons. The van der Waals surface area contributed by atoms with Crippen LogP contribution in [0.15, 0.2) is 42.6 Å². The Morgan fingerprint density at radius 2 is 1.81 bits per heavy atom. The van der Waals surface area contributed by atoms with E-state index >= 15 is 0 Å².